The standard InChI is InChI=1S/C27H30N2O6/c30-24(29-13-12-27(34,16-29)25(31)32)14-23(17-6-5-7-17)28-26(33)35-15-22-20-10-3-1-8-18(20)19-9-2-4-11-21(19)22/h1-4,8-11,17,22-23,34H,5-7,12-16H2,(H,28,33)(H,31,32). The zero-order chi connectivity index (χ0) is 24.6. The Morgan fingerprint density at radius 1 is 1.06 bits per heavy atom. The van der Waals surface area contributed by atoms with Crippen LogP contribution in [0.2, 0.25) is 0 Å². The first-order chi connectivity index (χ1) is 16.9. The van der Waals surface area contributed by atoms with Crippen molar-refractivity contribution in [1.29, 1.82) is 0 Å². The van der Waals surface area contributed by atoms with Gasteiger partial charge in [-0.25, -0.2) is 9.59 Å². The number of likely N-dealkylation sites (tertiary alicyclic amines) is 1. The van der Waals surface area contributed by atoms with E-state index in [0.717, 1.165) is 41.5 Å². The minimum atomic E-state index is -1.90. The first-order valence-electron chi connectivity index (χ1n) is 12.2. The molecule has 1 heterocycles. The van der Waals surface area contributed by atoms with Crippen molar-refractivity contribution < 1.29 is 29.3 Å². The number of nitrogens with zero attached hydrogens (tertiary/aromatic N) is 1. The van der Waals surface area contributed by atoms with Crippen LogP contribution >= 0.6 is 0 Å². The van der Waals surface area contributed by atoms with E-state index >= 15 is 0 Å². The van der Waals surface area contributed by atoms with Crippen LogP contribution in [-0.2, 0) is 14.3 Å². The average Bonchev–Trinajstić information content (AvgIpc) is 3.36. The van der Waals surface area contributed by atoms with Crippen LogP contribution in [0.4, 0.5) is 4.79 Å². The molecule has 1 saturated carbocycles. The molecular formula is C27H30N2O6. The summed E-state index contributed by atoms with van der Waals surface area (Å²) in [6.07, 6.45) is 2.39. The third-order valence-corrected chi connectivity index (χ3v) is 7.76. The first kappa shape index (κ1) is 23.4. The molecule has 0 spiro atoms. The lowest BCUT2D eigenvalue weighted by atomic mass is 9.78. The van der Waals surface area contributed by atoms with Crippen molar-refractivity contribution in [2.75, 3.05) is 19.7 Å². The smallest absolute Gasteiger partial charge is 0.407 e. The molecule has 2 aliphatic carbocycles. The second kappa shape index (κ2) is 9.34. The maximum atomic E-state index is 12.9. The van der Waals surface area contributed by atoms with Gasteiger partial charge in [0, 0.05) is 31.3 Å². The van der Waals surface area contributed by atoms with Gasteiger partial charge in [0.15, 0.2) is 5.60 Å². The summed E-state index contributed by atoms with van der Waals surface area (Å²) in [4.78, 5) is 38.3. The predicted octanol–water partition coefficient (Wildman–Crippen LogP) is 3.13. The molecule has 2 aromatic carbocycles. The predicted molar refractivity (Wildman–Crippen MR) is 128 cm³/mol. The Hall–Kier alpha value is -3.39. The number of carboxylic acids is 1. The number of carboxylic acid groups (broad SMARTS) is 1. The third kappa shape index (κ3) is 4.50. The van der Waals surface area contributed by atoms with E-state index in [1.165, 1.54) is 4.90 Å². The summed E-state index contributed by atoms with van der Waals surface area (Å²) in [5.74, 6) is -1.45. The van der Waals surface area contributed by atoms with Crippen molar-refractivity contribution in [3.8, 4) is 11.1 Å². The number of hydrogen-bond acceptors (Lipinski definition) is 5. The molecular weight excluding hydrogens is 448 g/mol. The van der Waals surface area contributed by atoms with E-state index in [9.17, 15) is 24.6 Å². The molecule has 184 valence electrons. The molecule has 0 bridgehead atoms. The van der Waals surface area contributed by atoms with E-state index < -0.39 is 17.7 Å². The Kier molecular flexibility index (Phi) is 6.23. The van der Waals surface area contributed by atoms with Crippen molar-refractivity contribution in [2.24, 2.45) is 5.92 Å². The van der Waals surface area contributed by atoms with Crippen molar-refractivity contribution in [3.63, 3.8) is 0 Å². The number of carbonyl (C=O) groups excluding carboxylic acids is 2. The van der Waals surface area contributed by atoms with E-state index in [1.54, 1.807) is 0 Å². The zero-order valence-corrected chi connectivity index (χ0v) is 19.5. The molecule has 5 rings (SSSR count). The summed E-state index contributed by atoms with van der Waals surface area (Å²) in [5, 5.41) is 22.3. The number of benzene rings is 2. The molecule has 3 N–H and O–H groups in total. The summed E-state index contributed by atoms with van der Waals surface area (Å²) in [6.45, 7) is 0.149. The van der Waals surface area contributed by atoms with Crippen LogP contribution < -0.4 is 5.32 Å². The fraction of sp³-hybridized carbons (Fsp3) is 0.444. The van der Waals surface area contributed by atoms with Gasteiger partial charge in [-0.15, -0.1) is 0 Å². The average molecular weight is 479 g/mol. The van der Waals surface area contributed by atoms with Crippen molar-refractivity contribution >= 4 is 18.0 Å². The number of hydrogen-bond donors (Lipinski definition) is 3. The fourth-order valence-corrected chi connectivity index (χ4v) is 5.47. The van der Waals surface area contributed by atoms with Crippen LogP contribution in [0.3, 0.4) is 0 Å². The molecule has 2 unspecified atom stereocenters. The Balaban J connectivity index is 1.21. The largest absolute Gasteiger partial charge is 0.479 e. The summed E-state index contributed by atoms with van der Waals surface area (Å²) in [6, 6.07) is 15.9. The number of aliphatic hydroxyl groups is 1. The lowest BCUT2D eigenvalue weighted by molar-refractivity contribution is -0.157. The van der Waals surface area contributed by atoms with Crippen LogP contribution in [0.15, 0.2) is 48.5 Å². The minimum Gasteiger partial charge on any atom is -0.479 e. The quantitative estimate of drug-likeness (QED) is 0.563. The van der Waals surface area contributed by atoms with Crippen molar-refractivity contribution in [3.05, 3.63) is 59.7 Å². The van der Waals surface area contributed by atoms with Crippen LogP contribution in [-0.4, -0.2) is 64.4 Å². The number of alkyl carbamates (subject to hydrolysis) is 1. The Morgan fingerprint density at radius 3 is 2.23 bits per heavy atom. The molecule has 0 aromatic heterocycles. The van der Waals surface area contributed by atoms with Crippen molar-refractivity contribution in [1.82, 2.24) is 10.2 Å². The summed E-state index contributed by atoms with van der Waals surface area (Å²) >= 11 is 0. The number of aliphatic carboxylic acids is 1. The topological polar surface area (TPSA) is 116 Å². The first-order valence-corrected chi connectivity index (χ1v) is 12.2. The van der Waals surface area contributed by atoms with Crippen LogP contribution in [0, 0.1) is 5.92 Å². The van der Waals surface area contributed by atoms with E-state index in [1.807, 2.05) is 24.3 Å². The molecule has 0 radical (unpaired) electrons. The maximum Gasteiger partial charge on any atom is 0.407 e. The number of rotatable bonds is 7. The number of fused-ring (bicyclic) bond motifs is 3. The van der Waals surface area contributed by atoms with Crippen molar-refractivity contribution in [2.45, 2.75) is 49.7 Å². The lowest BCUT2D eigenvalue weighted by Gasteiger charge is -2.34. The molecule has 1 saturated heterocycles. The molecule has 1 aliphatic heterocycles. The Bertz CT molecular complexity index is 1100. The third-order valence-electron chi connectivity index (χ3n) is 7.76. The highest BCUT2D eigenvalue weighted by molar-refractivity contribution is 5.83. The van der Waals surface area contributed by atoms with Gasteiger partial charge >= 0.3 is 12.1 Å². The number of nitrogens with one attached hydrogen (secondary N) is 1. The maximum absolute atomic E-state index is 12.9. The molecule has 2 amide bonds. The number of β-amino-alcohol motifs (C(OH)–C–C–N with tert-alkyl or cyclic N) is 1. The van der Waals surface area contributed by atoms with Gasteiger partial charge < -0.3 is 25.2 Å². The SMILES string of the molecule is O=C(NC(CC(=O)N1CCC(O)(C(=O)O)C1)C1CCC1)OCC1c2ccccc2-c2ccccc21. The normalized spacial score (nSPS) is 22.1. The van der Waals surface area contributed by atoms with Gasteiger partial charge in [0.2, 0.25) is 5.91 Å². The van der Waals surface area contributed by atoms with Gasteiger partial charge in [-0.2, -0.15) is 0 Å². The van der Waals surface area contributed by atoms with E-state index in [4.69, 9.17) is 4.74 Å². The van der Waals surface area contributed by atoms with Crippen LogP contribution in [0.5, 0.6) is 0 Å². The Morgan fingerprint density at radius 2 is 1.69 bits per heavy atom. The molecule has 2 atom stereocenters. The zero-order valence-electron chi connectivity index (χ0n) is 19.5. The molecule has 8 nitrogen and oxygen atoms in total. The molecule has 35 heavy (non-hydrogen) atoms. The minimum absolute atomic E-state index is 0.00196. The number of amides is 2. The van der Waals surface area contributed by atoms with Gasteiger partial charge in [-0.3, -0.25) is 4.79 Å². The fourth-order valence-electron chi connectivity index (χ4n) is 5.47. The Labute approximate surface area is 203 Å². The summed E-state index contributed by atoms with van der Waals surface area (Å²) in [7, 11) is 0. The summed E-state index contributed by atoms with van der Waals surface area (Å²) in [5.41, 5.74) is 2.67. The number of carbonyl (C=O) groups is 3. The molecule has 3 aliphatic rings. The lowest BCUT2D eigenvalue weighted by Crippen LogP contribution is -2.47. The highest BCUT2D eigenvalue weighted by Crippen LogP contribution is 2.44. The van der Waals surface area contributed by atoms with Gasteiger partial charge in [-0.05, 0) is 41.0 Å². The second-order valence-corrected chi connectivity index (χ2v) is 9.87. The highest BCUT2D eigenvalue weighted by Gasteiger charge is 2.45. The molecule has 2 aromatic rings. The number of ether oxygens (including phenoxy) is 1. The monoisotopic (exact) mass is 478 g/mol. The van der Waals surface area contributed by atoms with E-state index in [2.05, 4.69) is 29.6 Å². The molecule has 2 fully saturated rings. The van der Waals surface area contributed by atoms with Gasteiger partial charge in [0.1, 0.15) is 6.61 Å². The second-order valence-electron chi connectivity index (χ2n) is 9.87. The van der Waals surface area contributed by atoms with Gasteiger partial charge in [0.25, 0.3) is 0 Å². The van der Waals surface area contributed by atoms with Gasteiger partial charge in [0.05, 0.1) is 6.54 Å². The van der Waals surface area contributed by atoms with E-state index in [-0.39, 0.29) is 56.3 Å². The molecule has 8 heteroatoms. The summed E-state index contributed by atoms with van der Waals surface area (Å²) < 4.78 is 5.67. The van der Waals surface area contributed by atoms with Gasteiger partial charge in [-0.1, -0.05) is 55.0 Å². The van der Waals surface area contributed by atoms with E-state index in [0.29, 0.717) is 0 Å². The van der Waals surface area contributed by atoms with Crippen LogP contribution in [0.25, 0.3) is 11.1 Å². The highest BCUT2D eigenvalue weighted by atomic mass is 16.5. The van der Waals surface area contributed by atoms with Crippen LogP contribution in [0.1, 0.15) is 49.1 Å².